The van der Waals surface area contributed by atoms with Crippen molar-refractivity contribution in [2.24, 2.45) is 7.05 Å². The first-order chi connectivity index (χ1) is 8.06. The maximum absolute atomic E-state index is 10.8. The molecule has 0 radical (unpaired) electrons. The van der Waals surface area contributed by atoms with Crippen LogP contribution in [-0.4, -0.2) is 30.1 Å². The summed E-state index contributed by atoms with van der Waals surface area (Å²) in [5.41, 5.74) is 0.109. The molecule has 0 aliphatic rings. The topological polar surface area (TPSA) is 99.6 Å². The fraction of sp³-hybridized carbons (Fsp3) is 0.250. The lowest BCUT2D eigenvalue weighted by molar-refractivity contribution is -0.385. The summed E-state index contributed by atoms with van der Waals surface area (Å²) in [5, 5.41) is 22.3. The molecule has 0 aliphatic heterocycles. The van der Waals surface area contributed by atoms with E-state index < -0.39 is 4.92 Å². The minimum atomic E-state index is -0.537. The van der Waals surface area contributed by atoms with Crippen LogP contribution in [0.2, 0.25) is 5.02 Å². The van der Waals surface area contributed by atoms with Gasteiger partial charge in [-0.2, -0.15) is 4.80 Å². The molecule has 0 saturated heterocycles. The van der Waals surface area contributed by atoms with Gasteiger partial charge in [0.25, 0.3) is 5.69 Å². The van der Waals surface area contributed by atoms with Crippen molar-refractivity contribution in [3.05, 3.63) is 38.9 Å². The highest BCUT2D eigenvalue weighted by molar-refractivity contribution is 6.30. The molecule has 9 heteroatoms. The maximum atomic E-state index is 10.8. The quantitative estimate of drug-likeness (QED) is 0.592. The molecule has 0 saturated carbocycles. The third kappa shape index (κ3) is 2.53. The lowest BCUT2D eigenvalue weighted by Gasteiger charge is -1.99. The fourth-order valence-corrected chi connectivity index (χ4v) is 1.45. The van der Waals surface area contributed by atoms with Crippen molar-refractivity contribution >= 4 is 17.3 Å². The van der Waals surface area contributed by atoms with Crippen molar-refractivity contribution in [1.82, 2.24) is 25.2 Å². The highest BCUT2D eigenvalue weighted by Gasteiger charge is 2.18. The molecule has 17 heavy (non-hydrogen) atoms. The average Bonchev–Trinajstić information content (AvgIpc) is 2.66. The third-order valence-electron chi connectivity index (χ3n) is 1.99. The van der Waals surface area contributed by atoms with Crippen LogP contribution in [0.25, 0.3) is 0 Å². The number of halogens is 1. The Bertz CT molecular complexity index is 569. The van der Waals surface area contributed by atoms with E-state index in [-0.39, 0.29) is 22.8 Å². The molecule has 0 amide bonds. The molecule has 0 unspecified atom stereocenters. The van der Waals surface area contributed by atoms with Crippen molar-refractivity contribution in [3.63, 3.8) is 0 Å². The predicted molar refractivity (Wildman–Crippen MR) is 57.5 cm³/mol. The molecule has 2 aromatic heterocycles. The van der Waals surface area contributed by atoms with E-state index in [0.717, 1.165) is 0 Å². The number of pyridine rings is 1. The largest absolute Gasteiger partial charge is 0.292 e. The van der Waals surface area contributed by atoms with Crippen LogP contribution in [0.4, 0.5) is 5.69 Å². The number of hydrogen-bond donors (Lipinski definition) is 0. The van der Waals surface area contributed by atoms with Gasteiger partial charge in [0.2, 0.25) is 0 Å². The Balaban J connectivity index is 2.35. The van der Waals surface area contributed by atoms with Crippen molar-refractivity contribution in [1.29, 1.82) is 0 Å². The van der Waals surface area contributed by atoms with Gasteiger partial charge in [-0.05, 0) is 5.21 Å². The van der Waals surface area contributed by atoms with E-state index in [0.29, 0.717) is 5.82 Å². The minimum Gasteiger partial charge on any atom is -0.258 e. The summed E-state index contributed by atoms with van der Waals surface area (Å²) < 4.78 is 0. The van der Waals surface area contributed by atoms with Crippen LogP contribution in [0.5, 0.6) is 0 Å². The zero-order valence-electron chi connectivity index (χ0n) is 8.74. The Morgan fingerprint density at radius 3 is 2.94 bits per heavy atom. The van der Waals surface area contributed by atoms with Crippen LogP contribution in [0.3, 0.4) is 0 Å². The first-order valence-corrected chi connectivity index (χ1v) is 4.96. The van der Waals surface area contributed by atoms with Gasteiger partial charge in [0.15, 0.2) is 5.82 Å². The van der Waals surface area contributed by atoms with Gasteiger partial charge < -0.3 is 0 Å². The normalized spacial score (nSPS) is 10.5. The molecule has 8 nitrogen and oxygen atoms in total. The van der Waals surface area contributed by atoms with Gasteiger partial charge in [-0.15, -0.1) is 10.2 Å². The molecule has 0 spiro atoms. The Kier molecular flexibility index (Phi) is 2.96. The van der Waals surface area contributed by atoms with Gasteiger partial charge in [0.1, 0.15) is 5.69 Å². The zero-order chi connectivity index (χ0) is 12.4. The van der Waals surface area contributed by atoms with E-state index >= 15 is 0 Å². The number of hydrogen-bond acceptors (Lipinski definition) is 6. The molecular weight excluding hydrogens is 248 g/mol. The Labute approximate surface area is 100 Å². The number of nitrogens with zero attached hydrogens (tertiary/aromatic N) is 6. The summed E-state index contributed by atoms with van der Waals surface area (Å²) >= 11 is 5.65. The van der Waals surface area contributed by atoms with E-state index in [1.807, 2.05) is 0 Å². The van der Waals surface area contributed by atoms with Gasteiger partial charge >= 0.3 is 0 Å². The van der Waals surface area contributed by atoms with Crippen molar-refractivity contribution in [2.75, 3.05) is 0 Å². The van der Waals surface area contributed by atoms with Gasteiger partial charge in [0.05, 0.1) is 23.4 Å². The second-order valence-electron chi connectivity index (χ2n) is 3.25. The third-order valence-corrected chi connectivity index (χ3v) is 2.19. The summed E-state index contributed by atoms with van der Waals surface area (Å²) in [4.78, 5) is 15.5. The van der Waals surface area contributed by atoms with E-state index in [9.17, 15) is 10.1 Å². The summed E-state index contributed by atoms with van der Waals surface area (Å²) in [6, 6.07) is 1.25. The van der Waals surface area contributed by atoms with Crippen LogP contribution in [0.15, 0.2) is 12.3 Å². The van der Waals surface area contributed by atoms with Crippen LogP contribution in [0.1, 0.15) is 11.5 Å². The van der Waals surface area contributed by atoms with E-state index in [1.54, 1.807) is 7.05 Å². The maximum Gasteiger partial charge on any atom is 0.292 e. The molecule has 0 atom stereocenters. The van der Waals surface area contributed by atoms with E-state index in [1.165, 1.54) is 17.1 Å². The van der Waals surface area contributed by atoms with Crippen molar-refractivity contribution in [2.45, 2.75) is 6.42 Å². The molecular formula is C8H7ClN6O2. The first-order valence-electron chi connectivity index (χ1n) is 4.58. The number of nitro groups is 1. The molecule has 2 heterocycles. The predicted octanol–water partition coefficient (Wildman–Crippen LogP) is 0.757. The summed E-state index contributed by atoms with van der Waals surface area (Å²) in [6.07, 6.45) is 1.49. The molecule has 0 fully saturated rings. The Morgan fingerprint density at radius 2 is 2.35 bits per heavy atom. The van der Waals surface area contributed by atoms with Gasteiger partial charge in [-0.25, -0.2) is 0 Å². The summed E-state index contributed by atoms with van der Waals surface area (Å²) in [6.45, 7) is 0. The van der Waals surface area contributed by atoms with Crippen LogP contribution < -0.4 is 0 Å². The average molecular weight is 255 g/mol. The second kappa shape index (κ2) is 4.42. The Morgan fingerprint density at radius 1 is 1.59 bits per heavy atom. The van der Waals surface area contributed by atoms with Gasteiger partial charge in [0, 0.05) is 12.3 Å². The number of tetrazole rings is 1. The summed E-state index contributed by atoms with van der Waals surface area (Å²) in [7, 11) is 1.61. The van der Waals surface area contributed by atoms with E-state index in [4.69, 9.17) is 11.6 Å². The monoisotopic (exact) mass is 254 g/mol. The van der Waals surface area contributed by atoms with E-state index in [2.05, 4.69) is 20.4 Å². The summed E-state index contributed by atoms with van der Waals surface area (Å²) in [5.74, 6) is 0.366. The highest BCUT2D eigenvalue weighted by atomic mass is 35.5. The SMILES string of the molecule is Cn1nnc(Cc2ncc(Cl)cc2[N+](=O)[O-])n1. The van der Waals surface area contributed by atoms with Crippen LogP contribution >= 0.6 is 11.6 Å². The Hall–Kier alpha value is -2.09. The zero-order valence-corrected chi connectivity index (χ0v) is 9.50. The number of rotatable bonds is 3. The van der Waals surface area contributed by atoms with Crippen molar-refractivity contribution in [3.8, 4) is 0 Å². The number of aryl methyl sites for hydroxylation is 1. The van der Waals surface area contributed by atoms with Gasteiger partial charge in [-0.3, -0.25) is 15.1 Å². The first kappa shape index (κ1) is 11.4. The minimum absolute atomic E-state index is 0.140. The molecule has 88 valence electrons. The molecule has 0 bridgehead atoms. The molecule has 0 aliphatic carbocycles. The fourth-order valence-electron chi connectivity index (χ4n) is 1.30. The lowest BCUT2D eigenvalue weighted by Crippen LogP contribution is -2.01. The number of aromatic nitrogens is 5. The smallest absolute Gasteiger partial charge is 0.258 e. The van der Waals surface area contributed by atoms with Gasteiger partial charge in [-0.1, -0.05) is 11.6 Å². The van der Waals surface area contributed by atoms with Crippen LogP contribution in [-0.2, 0) is 13.5 Å². The molecule has 2 aromatic rings. The second-order valence-corrected chi connectivity index (χ2v) is 3.68. The van der Waals surface area contributed by atoms with Crippen LogP contribution in [0, 0.1) is 10.1 Å². The van der Waals surface area contributed by atoms with Crippen molar-refractivity contribution < 1.29 is 4.92 Å². The molecule has 0 N–H and O–H groups in total. The lowest BCUT2D eigenvalue weighted by atomic mass is 10.2. The molecule has 0 aromatic carbocycles. The highest BCUT2D eigenvalue weighted by Crippen LogP contribution is 2.21. The standard InChI is InChI=1S/C8H7ClN6O2/c1-14-12-8(11-13-14)3-6-7(15(16)17)2-5(9)4-10-6/h2,4H,3H2,1H3. The molecule has 2 rings (SSSR count).